The molecule has 0 aliphatic carbocycles. The van der Waals surface area contributed by atoms with Gasteiger partial charge in [-0.15, -0.1) is 0 Å². The van der Waals surface area contributed by atoms with Crippen LogP contribution in [-0.4, -0.2) is 23.8 Å². The first-order valence-electron chi connectivity index (χ1n) is 5.58. The van der Waals surface area contributed by atoms with Crippen molar-refractivity contribution in [2.45, 2.75) is 38.9 Å². The van der Waals surface area contributed by atoms with Crippen LogP contribution in [0.15, 0.2) is 12.2 Å². The molecular formula is C12H16O3. The first-order chi connectivity index (χ1) is 7.19. The van der Waals surface area contributed by atoms with Gasteiger partial charge in [-0.05, 0) is 0 Å². The maximum absolute atomic E-state index is 11.8. The lowest BCUT2D eigenvalue weighted by Crippen LogP contribution is -2.35. The van der Waals surface area contributed by atoms with E-state index in [0.29, 0.717) is 12.8 Å². The zero-order chi connectivity index (χ0) is 11.0. The Labute approximate surface area is 89.5 Å². The molecule has 0 saturated carbocycles. The van der Waals surface area contributed by atoms with E-state index in [-0.39, 0.29) is 35.6 Å². The Hall–Kier alpha value is -0.960. The normalized spacial score (nSPS) is 37.2. The second-order valence-corrected chi connectivity index (χ2v) is 4.14. The minimum atomic E-state index is -0.225. The highest BCUT2D eigenvalue weighted by atomic mass is 16.5. The Balaban J connectivity index is 2.24. The fraction of sp³-hybridized carbons (Fsp3) is 0.667. The second-order valence-electron chi connectivity index (χ2n) is 4.14. The molecule has 0 N–H and O–H groups in total. The van der Waals surface area contributed by atoms with Crippen molar-refractivity contribution in [3.63, 3.8) is 0 Å². The van der Waals surface area contributed by atoms with Crippen LogP contribution in [0.2, 0.25) is 0 Å². The number of ketones is 2. The molecule has 0 radical (unpaired) electrons. The maximum atomic E-state index is 11.8. The summed E-state index contributed by atoms with van der Waals surface area (Å²) in [6, 6.07) is 0. The van der Waals surface area contributed by atoms with Crippen LogP contribution >= 0.6 is 0 Å². The molecule has 15 heavy (non-hydrogen) atoms. The van der Waals surface area contributed by atoms with E-state index >= 15 is 0 Å². The molecule has 0 aromatic rings. The monoisotopic (exact) mass is 208 g/mol. The van der Waals surface area contributed by atoms with Crippen molar-refractivity contribution in [2.75, 3.05) is 0 Å². The molecule has 1 saturated heterocycles. The topological polar surface area (TPSA) is 43.4 Å². The van der Waals surface area contributed by atoms with Gasteiger partial charge in [0.15, 0.2) is 0 Å². The quantitative estimate of drug-likeness (QED) is 0.658. The maximum Gasteiger partial charge on any atom is 0.139 e. The molecule has 3 heteroatoms. The third-order valence-electron chi connectivity index (χ3n) is 3.34. The average Bonchev–Trinajstić information content (AvgIpc) is 2.86. The SMILES string of the molecule is CCC(=O)C1C2C=CC(O2)C1C(=O)CC. The van der Waals surface area contributed by atoms with Crippen LogP contribution in [0, 0.1) is 11.8 Å². The second kappa shape index (κ2) is 3.89. The first kappa shape index (κ1) is 10.6. The largest absolute Gasteiger partial charge is 0.365 e. The van der Waals surface area contributed by atoms with Crippen molar-refractivity contribution < 1.29 is 14.3 Å². The molecule has 4 atom stereocenters. The standard InChI is InChI=1S/C12H16O3/c1-3-7(13)11-9-5-6-10(15-9)12(11)8(14)4-2/h5-6,9-12H,3-4H2,1-2H3. The Bertz CT molecular complexity index is 289. The smallest absolute Gasteiger partial charge is 0.139 e. The van der Waals surface area contributed by atoms with Gasteiger partial charge in [-0.1, -0.05) is 26.0 Å². The van der Waals surface area contributed by atoms with Crippen LogP contribution in [-0.2, 0) is 14.3 Å². The third kappa shape index (κ3) is 1.55. The Morgan fingerprint density at radius 3 is 1.73 bits per heavy atom. The summed E-state index contributed by atoms with van der Waals surface area (Å²) in [6.07, 6.45) is 4.51. The highest BCUT2D eigenvalue weighted by Crippen LogP contribution is 2.40. The lowest BCUT2D eigenvalue weighted by Gasteiger charge is -2.21. The van der Waals surface area contributed by atoms with Gasteiger partial charge in [0.25, 0.3) is 0 Å². The predicted molar refractivity (Wildman–Crippen MR) is 55.4 cm³/mol. The summed E-state index contributed by atoms with van der Waals surface area (Å²) >= 11 is 0. The number of hydrogen-bond acceptors (Lipinski definition) is 3. The van der Waals surface area contributed by atoms with Crippen molar-refractivity contribution in [2.24, 2.45) is 11.8 Å². The molecule has 2 heterocycles. The summed E-state index contributed by atoms with van der Waals surface area (Å²) < 4.78 is 5.59. The molecule has 0 spiro atoms. The highest BCUT2D eigenvalue weighted by molar-refractivity contribution is 5.91. The van der Waals surface area contributed by atoms with Gasteiger partial charge in [0.2, 0.25) is 0 Å². The van der Waals surface area contributed by atoms with Crippen LogP contribution in [0.25, 0.3) is 0 Å². The third-order valence-corrected chi connectivity index (χ3v) is 3.34. The Kier molecular flexibility index (Phi) is 2.74. The van der Waals surface area contributed by atoms with Gasteiger partial charge in [-0.2, -0.15) is 0 Å². The van der Waals surface area contributed by atoms with Gasteiger partial charge in [-0.25, -0.2) is 0 Å². The molecule has 1 fully saturated rings. The van der Waals surface area contributed by atoms with Gasteiger partial charge >= 0.3 is 0 Å². The number of ether oxygens (including phenoxy) is 1. The molecule has 82 valence electrons. The van der Waals surface area contributed by atoms with Crippen LogP contribution in [0.4, 0.5) is 0 Å². The van der Waals surface area contributed by atoms with Gasteiger partial charge < -0.3 is 4.74 Å². The van der Waals surface area contributed by atoms with E-state index in [0.717, 1.165) is 0 Å². The van der Waals surface area contributed by atoms with Crippen LogP contribution < -0.4 is 0 Å². The average molecular weight is 208 g/mol. The molecule has 2 rings (SSSR count). The van der Waals surface area contributed by atoms with E-state index in [1.54, 1.807) is 0 Å². The van der Waals surface area contributed by atoms with E-state index in [1.165, 1.54) is 0 Å². The first-order valence-corrected chi connectivity index (χ1v) is 5.58. The number of fused-ring (bicyclic) bond motifs is 2. The zero-order valence-electron chi connectivity index (χ0n) is 9.10. The Morgan fingerprint density at radius 1 is 1.00 bits per heavy atom. The molecule has 0 amide bonds. The van der Waals surface area contributed by atoms with Crippen molar-refractivity contribution in [1.29, 1.82) is 0 Å². The van der Waals surface area contributed by atoms with E-state index in [9.17, 15) is 9.59 Å². The number of Topliss-reactive ketones (excluding diaryl/α,β-unsaturated/α-hetero) is 2. The van der Waals surface area contributed by atoms with Crippen LogP contribution in [0.3, 0.4) is 0 Å². The highest BCUT2D eigenvalue weighted by Gasteiger charge is 2.51. The lowest BCUT2D eigenvalue weighted by molar-refractivity contribution is -0.131. The van der Waals surface area contributed by atoms with Gasteiger partial charge in [0, 0.05) is 12.8 Å². The number of carbonyl (C=O) groups excluding carboxylic acids is 2. The van der Waals surface area contributed by atoms with E-state index in [1.807, 2.05) is 26.0 Å². The summed E-state index contributed by atoms with van der Waals surface area (Å²) in [5.74, 6) is -0.146. The molecule has 2 aliphatic heterocycles. The fourth-order valence-corrected chi connectivity index (χ4v) is 2.55. The molecule has 4 unspecified atom stereocenters. The molecule has 2 bridgehead atoms. The van der Waals surface area contributed by atoms with Crippen molar-refractivity contribution in [3.8, 4) is 0 Å². The molecular weight excluding hydrogens is 192 g/mol. The van der Waals surface area contributed by atoms with E-state index < -0.39 is 0 Å². The number of rotatable bonds is 4. The van der Waals surface area contributed by atoms with E-state index in [4.69, 9.17) is 4.74 Å². The van der Waals surface area contributed by atoms with Gasteiger partial charge in [0.05, 0.1) is 24.0 Å². The minimum absolute atomic E-state index is 0.150. The number of carbonyl (C=O) groups is 2. The lowest BCUT2D eigenvalue weighted by atomic mass is 9.77. The predicted octanol–water partition coefficient (Wildman–Crippen LogP) is 1.51. The molecule has 0 aromatic carbocycles. The van der Waals surface area contributed by atoms with Crippen molar-refractivity contribution in [3.05, 3.63) is 12.2 Å². The van der Waals surface area contributed by atoms with Gasteiger partial charge in [-0.3, -0.25) is 9.59 Å². The molecule has 2 aliphatic rings. The summed E-state index contributed by atoms with van der Waals surface area (Å²) in [5, 5.41) is 0. The Morgan fingerprint density at radius 2 is 1.40 bits per heavy atom. The number of hydrogen-bond donors (Lipinski definition) is 0. The summed E-state index contributed by atoms with van der Waals surface area (Å²) in [5.41, 5.74) is 0. The van der Waals surface area contributed by atoms with Crippen LogP contribution in [0.1, 0.15) is 26.7 Å². The van der Waals surface area contributed by atoms with Crippen molar-refractivity contribution in [1.82, 2.24) is 0 Å². The zero-order valence-corrected chi connectivity index (χ0v) is 9.10. The molecule has 0 aromatic heterocycles. The molecule has 3 nitrogen and oxygen atoms in total. The van der Waals surface area contributed by atoms with E-state index in [2.05, 4.69) is 0 Å². The van der Waals surface area contributed by atoms with Gasteiger partial charge in [0.1, 0.15) is 11.6 Å². The van der Waals surface area contributed by atoms with Crippen molar-refractivity contribution >= 4 is 11.6 Å². The summed E-state index contributed by atoms with van der Waals surface area (Å²) in [6.45, 7) is 3.68. The minimum Gasteiger partial charge on any atom is -0.365 e. The fourth-order valence-electron chi connectivity index (χ4n) is 2.55. The van der Waals surface area contributed by atoms with Crippen LogP contribution in [0.5, 0.6) is 0 Å². The summed E-state index contributed by atoms with van der Waals surface area (Å²) in [7, 11) is 0. The summed E-state index contributed by atoms with van der Waals surface area (Å²) in [4.78, 5) is 23.5.